The molecular formula is C7H12N2O2S2. The van der Waals surface area contributed by atoms with Crippen LogP contribution >= 0.6 is 11.3 Å². The molecule has 0 aliphatic carbocycles. The van der Waals surface area contributed by atoms with Crippen molar-refractivity contribution in [3.63, 3.8) is 0 Å². The molecule has 0 amide bonds. The molecular weight excluding hydrogens is 208 g/mol. The summed E-state index contributed by atoms with van der Waals surface area (Å²) in [7, 11) is -1.55. The van der Waals surface area contributed by atoms with E-state index >= 15 is 0 Å². The summed E-state index contributed by atoms with van der Waals surface area (Å²) in [5.41, 5.74) is 0.801. The monoisotopic (exact) mass is 220 g/mol. The molecule has 0 aromatic carbocycles. The summed E-state index contributed by atoms with van der Waals surface area (Å²) >= 11 is 1.52. The first-order valence-corrected chi connectivity index (χ1v) is 6.44. The molecule has 0 bridgehead atoms. The predicted octanol–water partition coefficient (Wildman–Crippen LogP) is 0.843. The van der Waals surface area contributed by atoms with E-state index in [-0.39, 0.29) is 0 Å². The quantitative estimate of drug-likeness (QED) is 0.758. The SMILES string of the molecule is Cc1nc(CN(C)S(C)(=O)=O)cs1. The van der Waals surface area contributed by atoms with Crippen molar-refractivity contribution in [2.75, 3.05) is 13.3 Å². The molecule has 74 valence electrons. The highest BCUT2D eigenvalue weighted by molar-refractivity contribution is 7.88. The van der Waals surface area contributed by atoms with Crippen molar-refractivity contribution in [1.82, 2.24) is 9.29 Å². The van der Waals surface area contributed by atoms with E-state index in [4.69, 9.17) is 0 Å². The van der Waals surface area contributed by atoms with Gasteiger partial charge in [0, 0.05) is 12.4 Å². The lowest BCUT2D eigenvalue weighted by molar-refractivity contribution is 0.468. The van der Waals surface area contributed by atoms with Crippen molar-refractivity contribution in [3.8, 4) is 0 Å². The van der Waals surface area contributed by atoms with Crippen LogP contribution in [0.2, 0.25) is 0 Å². The van der Waals surface area contributed by atoms with Crippen LogP contribution in [0.25, 0.3) is 0 Å². The van der Waals surface area contributed by atoms with Gasteiger partial charge < -0.3 is 0 Å². The smallest absolute Gasteiger partial charge is 0.211 e. The maximum atomic E-state index is 11.0. The zero-order valence-corrected chi connectivity index (χ0v) is 9.44. The Labute approximate surface area is 82.3 Å². The van der Waals surface area contributed by atoms with E-state index in [1.807, 2.05) is 12.3 Å². The Morgan fingerprint density at radius 2 is 2.23 bits per heavy atom. The lowest BCUT2D eigenvalue weighted by atomic mass is 10.5. The van der Waals surface area contributed by atoms with Gasteiger partial charge in [0.1, 0.15) is 0 Å². The van der Waals surface area contributed by atoms with Gasteiger partial charge in [-0.3, -0.25) is 0 Å². The molecule has 0 N–H and O–H groups in total. The third-order valence-electron chi connectivity index (χ3n) is 1.62. The highest BCUT2D eigenvalue weighted by Crippen LogP contribution is 2.10. The normalized spacial score (nSPS) is 12.3. The maximum absolute atomic E-state index is 11.0. The zero-order chi connectivity index (χ0) is 10.1. The average molecular weight is 220 g/mol. The Morgan fingerprint density at radius 3 is 2.62 bits per heavy atom. The number of aryl methyl sites for hydroxylation is 1. The van der Waals surface area contributed by atoms with E-state index in [0.717, 1.165) is 10.7 Å². The molecule has 0 saturated carbocycles. The van der Waals surface area contributed by atoms with Crippen molar-refractivity contribution in [3.05, 3.63) is 16.1 Å². The zero-order valence-electron chi connectivity index (χ0n) is 7.81. The minimum Gasteiger partial charge on any atom is -0.245 e. The predicted molar refractivity (Wildman–Crippen MR) is 53.2 cm³/mol. The minimum atomic E-state index is -3.09. The highest BCUT2D eigenvalue weighted by atomic mass is 32.2. The molecule has 1 rings (SSSR count). The number of hydrogen-bond acceptors (Lipinski definition) is 4. The summed E-state index contributed by atoms with van der Waals surface area (Å²) in [6.45, 7) is 2.25. The van der Waals surface area contributed by atoms with Gasteiger partial charge >= 0.3 is 0 Å². The first kappa shape index (κ1) is 10.6. The van der Waals surface area contributed by atoms with E-state index in [0.29, 0.717) is 6.54 Å². The van der Waals surface area contributed by atoms with Gasteiger partial charge in [-0.25, -0.2) is 13.4 Å². The van der Waals surface area contributed by atoms with Gasteiger partial charge in [-0.1, -0.05) is 0 Å². The Morgan fingerprint density at radius 1 is 1.62 bits per heavy atom. The summed E-state index contributed by atoms with van der Waals surface area (Å²) in [6, 6.07) is 0. The van der Waals surface area contributed by atoms with E-state index < -0.39 is 10.0 Å². The third kappa shape index (κ3) is 3.06. The largest absolute Gasteiger partial charge is 0.245 e. The fraction of sp³-hybridized carbons (Fsp3) is 0.571. The Balaban J connectivity index is 2.71. The number of sulfonamides is 1. The molecule has 0 fully saturated rings. The summed E-state index contributed by atoms with van der Waals surface area (Å²) in [6.07, 6.45) is 1.19. The van der Waals surface area contributed by atoms with Gasteiger partial charge in [-0.2, -0.15) is 4.31 Å². The van der Waals surface area contributed by atoms with Crippen LogP contribution in [0.3, 0.4) is 0 Å². The highest BCUT2D eigenvalue weighted by Gasteiger charge is 2.12. The molecule has 1 heterocycles. The number of nitrogens with zero attached hydrogens (tertiary/aromatic N) is 2. The van der Waals surface area contributed by atoms with Gasteiger partial charge in [-0.15, -0.1) is 11.3 Å². The van der Waals surface area contributed by atoms with Crippen molar-refractivity contribution in [1.29, 1.82) is 0 Å². The summed E-state index contributed by atoms with van der Waals surface area (Å²) in [5.74, 6) is 0. The number of aromatic nitrogens is 1. The van der Waals surface area contributed by atoms with E-state index in [1.54, 1.807) is 7.05 Å². The number of rotatable bonds is 3. The Bertz CT molecular complexity index is 383. The third-order valence-corrected chi connectivity index (χ3v) is 3.70. The first-order valence-electron chi connectivity index (χ1n) is 3.72. The second kappa shape index (κ2) is 3.73. The van der Waals surface area contributed by atoms with Crippen LogP contribution in [0.15, 0.2) is 5.38 Å². The molecule has 0 aliphatic rings. The lowest BCUT2D eigenvalue weighted by Crippen LogP contribution is -2.24. The van der Waals surface area contributed by atoms with Gasteiger partial charge in [0.25, 0.3) is 0 Å². The summed E-state index contributed by atoms with van der Waals surface area (Å²) in [5, 5.41) is 2.83. The molecule has 13 heavy (non-hydrogen) atoms. The van der Waals surface area contributed by atoms with Gasteiger partial charge in [0.15, 0.2) is 0 Å². The molecule has 0 radical (unpaired) electrons. The van der Waals surface area contributed by atoms with Gasteiger partial charge in [0.05, 0.1) is 23.5 Å². The van der Waals surface area contributed by atoms with E-state index in [9.17, 15) is 8.42 Å². The average Bonchev–Trinajstić information content (AvgIpc) is 2.33. The van der Waals surface area contributed by atoms with Crippen LogP contribution in [-0.4, -0.2) is 31.0 Å². The van der Waals surface area contributed by atoms with Crippen LogP contribution in [0.4, 0.5) is 0 Å². The maximum Gasteiger partial charge on any atom is 0.211 e. The van der Waals surface area contributed by atoms with Crippen molar-refractivity contribution >= 4 is 21.4 Å². The second-order valence-corrected chi connectivity index (χ2v) is 6.03. The molecule has 6 heteroatoms. The summed E-state index contributed by atoms with van der Waals surface area (Å²) < 4.78 is 23.4. The van der Waals surface area contributed by atoms with Crippen LogP contribution < -0.4 is 0 Å². The fourth-order valence-electron chi connectivity index (χ4n) is 0.826. The molecule has 1 aromatic heterocycles. The van der Waals surface area contributed by atoms with Crippen LogP contribution in [0.5, 0.6) is 0 Å². The summed E-state index contributed by atoms with van der Waals surface area (Å²) in [4.78, 5) is 4.18. The van der Waals surface area contributed by atoms with Crippen molar-refractivity contribution in [2.45, 2.75) is 13.5 Å². The molecule has 0 saturated heterocycles. The van der Waals surface area contributed by atoms with Crippen molar-refractivity contribution in [2.24, 2.45) is 0 Å². The fourth-order valence-corrected chi connectivity index (χ4v) is 1.80. The van der Waals surface area contributed by atoms with Crippen molar-refractivity contribution < 1.29 is 8.42 Å². The molecule has 4 nitrogen and oxygen atoms in total. The van der Waals surface area contributed by atoms with E-state index in [2.05, 4.69) is 4.98 Å². The molecule has 0 aliphatic heterocycles. The second-order valence-electron chi connectivity index (χ2n) is 2.88. The van der Waals surface area contributed by atoms with Gasteiger partial charge in [-0.05, 0) is 6.92 Å². The molecule has 0 atom stereocenters. The topological polar surface area (TPSA) is 50.3 Å². The van der Waals surface area contributed by atoms with Crippen LogP contribution in [-0.2, 0) is 16.6 Å². The number of hydrogen-bond donors (Lipinski definition) is 0. The number of thiazole rings is 1. The lowest BCUT2D eigenvalue weighted by Gasteiger charge is -2.11. The Kier molecular flexibility index (Phi) is 3.05. The first-order chi connectivity index (χ1) is 5.89. The minimum absolute atomic E-state index is 0.350. The van der Waals surface area contributed by atoms with Crippen LogP contribution in [0.1, 0.15) is 10.7 Å². The molecule has 0 spiro atoms. The van der Waals surface area contributed by atoms with E-state index in [1.165, 1.54) is 21.9 Å². The van der Waals surface area contributed by atoms with Gasteiger partial charge in [0.2, 0.25) is 10.0 Å². The standard InChI is InChI=1S/C7H12N2O2S2/c1-6-8-7(5-12-6)4-9(2)13(3,10)11/h5H,4H2,1-3H3. The Hall–Kier alpha value is -0.460. The molecule has 0 unspecified atom stereocenters. The molecule has 1 aromatic rings. The van der Waals surface area contributed by atoms with Crippen LogP contribution in [0, 0.1) is 6.92 Å².